The highest BCUT2D eigenvalue weighted by Crippen LogP contribution is 2.19. The number of aryl methyl sites for hydroxylation is 1. The van der Waals surface area contributed by atoms with Crippen molar-refractivity contribution in [2.75, 3.05) is 19.4 Å². The summed E-state index contributed by atoms with van der Waals surface area (Å²) in [7, 11) is 1.81. The van der Waals surface area contributed by atoms with Gasteiger partial charge in [-0.05, 0) is 45.6 Å². The third-order valence-electron chi connectivity index (χ3n) is 3.38. The van der Waals surface area contributed by atoms with Crippen LogP contribution in [0.5, 0.6) is 0 Å². The third kappa shape index (κ3) is 5.17. The fourth-order valence-corrected chi connectivity index (χ4v) is 3.00. The highest BCUT2D eigenvalue weighted by atomic mass is 32.2. The normalized spacial score (nSPS) is 13.8. The molecule has 0 saturated heterocycles. The first-order valence-electron chi connectivity index (χ1n) is 7.01. The van der Waals surface area contributed by atoms with Crippen LogP contribution in [0.1, 0.15) is 31.4 Å². The predicted molar refractivity (Wildman–Crippen MR) is 86.1 cm³/mol. The molecule has 0 fully saturated rings. The van der Waals surface area contributed by atoms with Gasteiger partial charge in [-0.3, -0.25) is 4.79 Å². The SMILES string of the molecule is CCOC(=O)C(C)(CCSCc1cccc(C)c1)NC. The number of benzene rings is 1. The zero-order chi connectivity index (χ0) is 15.0. The number of hydrogen-bond donors (Lipinski definition) is 1. The van der Waals surface area contributed by atoms with Crippen LogP contribution in [-0.2, 0) is 15.3 Å². The number of likely N-dealkylation sites (N-methyl/N-ethyl adjacent to an activating group) is 1. The van der Waals surface area contributed by atoms with E-state index in [1.54, 1.807) is 0 Å². The van der Waals surface area contributed by atoms with Crippen molar-refractivity contribution in [1.29, 1.82) is 0 Å². The largest absolute Gasteiger partial charge is 0.465 e. The molecular weight excluding hydrogens is 270 g/mol. The average Bonchev–Trinajstić information content (AvgIpc) is 2.43. The monoisotopic (exact) mass is 295 g/mol. The maximum absolute atomic E-state index is 11.9. The van der Waals surface area contributed by atoms with Crippen LogP contribution in [0.3, 0.4) is 0 Å². The van der Waals surface area contributed by atoms with E-state index in [9.17, 15) is 4.79 Å². The maximum Gasteiger partial charge on any atom is 0.326 e. The summed E-state index contributed by atoms with van der Waals surface area (Å²) in [6.07, 6.45) is 0.763. The molecule has 1 rings (SSSR count). The van der Waals surface area contributed by atoms with Gasteiger partial charge >= 0.3 is 5.97 Å². The fraction of sp³-hybridized carbons (Fsp3) is 0.562. The van der Waals surface area contributed by atoms with E-state index in [4.69, 9.17) is 4.74 Å². The van der Waals surface area contributed by atoms with E-state index >= 15 is 0 Å². The lowest BCUT2D eigenvalue weighted by molar-refractivity contribution is -0.150. The van der Waals surface area contributed by atoms with E-state index < -0.39 is 5.54 Å². The Hall–Kier alpha value is -1.00. The lowest BCUT2D eigenvalue weighted by Crippen LogP contribution is -2.49. The molecule has 0 aliphatic carbocycles. The Kier molecular flexibility index (Phi) is 7.10. The summed E-state index contributed by atoms with van der Waals surface area (Å²) in [5, 5.41) is 3.08. The highest BCUT2D eigenvalue weighted by molar-refractivity contribution is 7.98. The van der Waals surface area contributed by atoms with Gasteiger partial charge in [-0.1, -0.05) is 29.8 Å². The lowest BCUT2D eigenvalue weighted by Gasteiger charge is -2.26. The molecule has 0 aliphatic heterocycles. The van der Waals surface area contributed by atoms with Gasteiger partial charge < -0.3 is 10.1 Å². The van der Waals surface area contributed by atoms with Crippen LogP contribution in [0.25, 0.3) is 0 Å². The van der Waals surface area contributed by atoms with E-state index in [0.717, 1.165) is 17.9 Å². The predicted octanol–water partition coefficient (Wildman–Crippen LogP) is 3.16. The number of carbonyl (C=O) groups is 1. The summed E-state index contributed by atoms with van der Waals surface area (Å²) >= 11 is 1.85. The Labute approximate surface area is 126 Å². The van der Waals surface area contributed by atoms with Gasteiger partial charge in [0.05, 0.1) is 6.61 Å². The van der Waals surface area contributed by atoms with Gasteiger partial charge in [0.1, 0.15) is 5.54 Å². The van der Waals surface area contributed by atoms with Crippen molar-refractivity contribution >= 4 is 17.7 Å². The van der Waals surface area contributed by atoms with Gasteiger partial charge in [-0.2, -0.15) is 11.8 Å². The lowest BCUT2D eigenvalue weighted by atomic mass is 10.00. The van der Waals surface area contributed by atoms with Gasteiger partial charge in [0.25, 0.3) is 0 Å². The molecule has 0 spiro atoms. The van der Waals surface area contributed by atoms with Crippen molar-refractivity contribution in [3.8, 4) is 0 Å². The molecule has 0 saturated carbocycles. The van der Waals surface area contributed by atoms with Crippen LogP contribution in [0, 0.1) is 6.92 Å². The molecule has 0 aliphatic rings. The zero-order valence-corrected chi connectivity index (χ0v) is 13.7. The molecule has 1 atom stereocenters. The van der Waals surface area contributed by atoms with Crippen LogP contribution in [0.15, 0.2) is 24.3 Å². The van der Waals surface area contributed by atoms with E-state index in [0.29, 0.717) is 6.61 Å². The van der Waals surface area contributed by atoms with Crippen molar-refractivity contribution in [3.05, 3.63) is 35.4 Å². The first kappa shape index (κ1) is 17.1. The summed E-state index contributed by atoms with van der Waals surface area (Å²) in [5.74, 6) is 1.73. The molecule has 0 aromatic heterocycles. The third-order valence-corrected chi connectivity index (χ3v) is 4.41. The molecule has 1 N–H and O–H groups in total. The molecule has 0 amide bonds. The number of rotatable bonds is 8. The number of carbonyl (C=O) groups excluding carboxylic acids is 1. The second-order valence-corrected chi connectivity index (χ2v) is 6.20. The van der Waals surface area contributed by atoms with Crippen LogP contribution in [-0.4, -0.2) is 30.9 Å². The molecule has 0 bridgehead atoms. The Morgan fingerprint density at radius 1 is 1.45 bits per heavy atom. The number of thioether (sulfide) groups is 1. The molecule has 1 unspecified atom stereocenters. The molecule has 1 aromatic rings. The molecule has 4 heteroatoms. The molecule has 1 aromatic carbocycles. The van der Waals surface area contributed by atoms with Crippen LogP contribution >= 0.6 is 11.8 Å². The van der Waals surface area contributed by atoms with E-state index in [2.05, 4.69) is 36.5 Å². The molecule has 3 nitrogen and oxygen atoms in total. The van der Waals surface area contributed by atoms with Gasteiger partial charge in [-0.25, -0.2) is 0 Å². The molecule has 112 valence electrons. The smallest absolute Gasteiger partial charge is 0.326 e. The molecule has 20 heavy (non-hydrogen) atoms. The number of ether oxygens (including phenoxy) is 1. The van der Waals surface area contributed by atoms with Gasteiger partial charge in [-0.15, -0.1) is 0 Å². The van der Waals surface area contributed by atoms with Crippen molar-refractivity contribution in [1.82, 2.24) is 5.32 Å². The minimum Gasteiger partial charge on any atom is -0.465 e. The summed E-state index contributed by atoms with van der Waals surface area (Å²) < 4.78 is 5.12. The summed E-state index contributed by atoms with van der Waals surface area (Å²) in [6, 6.07) is 8.53. The number of esters is 1. The minimum absolute atomic E-state index is 0.168. The average molecular weight is 295 g/mol. The Morgan fingerprint density at radius 3 is 2.80 bits per heavy atom. The van der Waals surface area contributed by atoms with Crippen molar-refractivity contribution in [2.45, 2.75) is 38.5 Å². The minimum atomic E-state index is -0.588. The van der Waals surface area contributed by atoms with Crippen LogP contribution < -0.4 is 5.32 Å². The van der Waals surface area contributed by atoms with Crippen molar-refractivity contribution in [2.24, 2.45) is 0 Å². The number of nitrogens with one attached hydrogen (secondary N) is 1. The first-order chi connectivity index (χ1) is 9.51. The Morgan fingerprint density at radius 2 is 2.20 bits per heavy atom. The van der Waals surface area contributed by atoms with Gasteiger partial charge in [0, 0.05) is 5.75 Å². The Bertz CT molecular complexity index is 436. The quantitative estimate of drug-likeness (QED) is 0.590. The number of hydrogen-bond acceptors (Lipinski definition) is 4. The van der Waals surface area contributed by atoms with Gasteiger partial charge in [0.2, 0.25) is 0 Å². The fourth-order valence-electron chi connectivity index (χ4n) is 1.89. The van der Waals surface area contributed by atoms with E-state index in [-0.39, 0.29) is 5.97 Å². The van der Waals surface area contributed by atoms with Crippen LogP contribution in [0.2, 0.25) is 0 Å². The van der Waals surface area contributed by atoms with Crippen LogP contribution in [0.4, 0.5) is 0 Å². The topological polar surface area (TPSA) is 38.3 Å². The van der Waals surface area contributed by atoms with Gasteiger partial charge in [0.15, 0.2) is 0 Å². The Balaban J connectivity index is 2.40. The van der Waals surface area contributed by atoms with E-state index in [1.165, 1.54) is 11.1 Å². The van der Waals surface area contributed by atoms with Crippen molar-refractivity contribution in [3.63, 3.8) is 0 Å². The molecular formula is C16H25NO2S. The second-order valence-electron chi connectivity index (χ2n) is 5.09. The zero-order valence-electron chi connectivity index (χ0n) is 12.9. The molecule has 0 heterocycles. The second kappa shape index (κ2) is 8.32. The molecule has 0 radical (unpaired) electrons. The highest BCUT2D eigenvalue weighted by Gasteiger charge is 2.32. The summed E-state index contributed by atoms with van der Waals surface area (Å²) in [5.41, 5.74) is 2.03. The standard InChI is InChI=1S/C16H25NO2S/c1-5-19-15(18)16(3,17-4)9-10-20-12-14-8-6-7-13(2)11-14/h6-8,11,17H,5,9-10,12H2,1-4H3. The maximum atomic E-state index is 11.9. The van der Waals surface area contributed by atoms with Crippen molar-refractivity contribution < 1.29 is 9.53 Å². The summed E-state index contributed by atoms with van der Waals surface area (Å²) in [6.45, 7) is 6.26. The summed E-state index contributed by atoms with van der Waals surface area (Å²) in [4.78, 5) is 11.9. The first-order valence-corrected chi connectivity index (χ1v) is 8.16. The van der Waals surface area contributed by atoms with E-state index in [1.807, 2.05) is 32.7 Å².